The molecule has 144 valence electrons. The smallest absolute Gasteiger partial charge is 0.196 e. The molecule has 1 aromatic carbocycles. The predicted octanol–water partition coefficient (Wildman–Crippen LogP) is 5.06. The molecule has 1 aliphatic rings. The molecule has 0 N–H and O–H groups in total. The number of ketones is 1. The molecule has 6 heteroatoms. The molecule has 4 rings (SSSR count). The van der Waals surface area contributed by atoms with Crippen molar-refractivity contribution in [2.75, 3.05) is 0 Å². The molecule has 3 aromatic rings. The molecular weight excluding hydrogens is 368 g/mol. The van der Waals surface area contributed by atoms with E-state index in [9.17, 15) is 4.79 Å². The van der Waals surface area contributed by atoms with Crippen LogP contribution in [0.5, 0.6) is 0 Å². The van der Waals surface area contributed by atoms with Gasteiger partial charge in [-0.15, -0.1) is 10.2 Å². The van der Waals surface area contributed by atoms with Gasteiger partial charge in [0.05, 0.1) is 10.9 Å². The highest BCUT2D eigenvalue weighted by atomic mass is 32.2. The van der Waals surface area contributed by atoms with Gasteiger partial charge in [0.1, 0.15) is 5.78 Å². The minimum atomic E-state index is -0.0374. The van der Waals surface area contributed by atoms with Gasteiger partial charge in [0, 0.05) is 24.4 Å². The molecule has 0 unspecified atom stereocenters. The van der Waals surface area contributed by atoms with Crippen LogP contribution in [0.3, 0.4) is 0 Å². The van der Waals surface area contributed by atoms with Crippen molar-refractivity contribution < 1.29 is 4.79 Å². The first-order valence-electron chi connectivity index (χ1n) is 9.79. The third-order valence-corrected chi connectivity index (χ3v) is 6.36. The van der Waals surface area contributed by atoms with E-state index >= 15 is 0 Å². The first-order valence-corrected chi connectivity index (χ1v) is 10.7. The highest BCUT2D eigenvalue weighted by molar-refractivity contribution is 8.00. The largest absolute Gasteiger partial charge is 0.298 e. The lowest BCUT2D eigenvalue weighted by atomic mass is 9.99. The fourth-order valence-electron chi connectivity index (χ4n) is 3.63. The van der Waals surface area contributed by atoms with Crippen LogP contribution in [-0.4, -0.2) is 30.8 Å². The van der Waals surface area contributed by atoms with Crippen molar-refractivity contribution in [1.29, 1.82) is 0 Å². The average molecular weight is 393 g/mol. The van der Waals surface area contributed by atoms with Gasteiger partial charge in [-0.3, -0.25) is 14.3 Å². The van der Waals surface area contributed by atoms with E-state index in [0.29, 0.717) is 18.1 Å². The summed E-state index contributed by atoms with van der Waals surface area (Å²) in [6, 6.07) is 12.2. The van der Waals surface area contributed by atoms with E-state index < -0.39 is 0 Å². The summed E-state index contributed by atoms with van der Waals surface area (Å²) in [5, 5.41) is 9.72. The second-order valence-corrected chi connectivity index (χ2v) is 8.59. The van der Waals surface area contributed by atoms with Gasteiger partial charge in [0.25, 0.3) is 0 Å². The van der Waals surface area contributed by atoms with Crippen LogP contribution in [0, 0.1) is 0 Å². The number of aromatic nitrogens is 4. The van der Waals surface area contributed by atoms with Crippen molar-refractivity contribution in [2.24, 2.45) is 0 Å². The number of carbonyl (C=O) groups is 1. The zero-order valence-corrected chi connectivity index (χ0v) is 17.0. The van der Waals surface area contributed by atoms with Crippen molar-refractivity contribution in [1.82, 2.24) is 19.7 Å². The van der Waals surface area contributed by atoms with Crippen molar-refractivity contribution >= 4 is 17.5 Å². The number of nitrogens with zero attached hydrogens (tertiary/aromatic N) is 4. The number of Topliss-reactive ketones (excluding diaryl/α,β-unsaturated/α-hetero) is 1. The monoisotopic (exact) mass is 392 g/mol. The molecule has 0 saturated heterocycles. The Kier molecular flexibility index (Phi) is 5.57. The number of benzene rings is 1. The molecule has 1 saturated carbocycles. The molecule has 1 atom stereocenters. The second-order valence-electron chi connectivity index (χ2n) is 7.42. The Bertz CT molecular complexity index is 968. The van der Waals surface area contributed by atoms with Gasteiger partial charge in [0.2, 0.25) is 0 Å². The number of rotatable bonds is 5. The SMILES string of the molecule is CC(C)c1ccccc1-n1c(S[C@H]2CCCCC2=O)nnc1-c1cccnc1. The quantitative estimate of drug-likeness (QED) is 0.607. The molecule has 0 aliphatic heterocycles. The molecular formula is C22H24N4OS. The van der Waals surface area contributed by atoms with Crippen molar-refractivity contribution in [3.05, 3.63) is 54.4 Å². The number of hydrogen-bond donors (Lipinski definition) is 0. The Morgan fingerprint density at radius 1 is 1.11 bits per heavy atom. The summed E-state index contributed by atoms with van der Waals surface area (Å²) in [5.41, 5.74) is 3.20. The zero-order valence-electron chi connectivity index (χ0n) is 16.2. The van der Waals surface area contributed by atoms with Gasteiger partial charge in [-0.05, 0) is 42.5 Å². The third-order valence-electron chi connectivity index (χ3n) is 5.10. The molecule has 2 aromatic heterocycles. The molecule has 0 amide bonds. The minimum absolute atomic E-state index is 0.0374. The first kappa shape index (κ1) is 18.9. The number of carbonyl (C=O) groups excluding carboxylic acids is 1. The lowest BCUT2D eigenvalue weighted by Gasteiger charge is -2.21. The predicted molar refractivity (Wildman–Crippen MR) is 112 cm³/mol. The van der Waals surface area contributed by atoms with Crippen LogP contribution < -0.4 is 0 Å². The number of hydrogen-bond acceptors (Lipinski definition) is 5. The maximum atomic E-state index is 12.4. The van der Waals surface area contributed by atoms with E-state index in [1.54, 1.807) is 24.2 Å². The van der Waals surface area contributed by atoms with Gasteiger partial charge in [0.15, 0.2) is 11.0 Å². The Hall–Kier alpha value is -2.47. The van der Waals surface area contributed by atoms with E-state index in [2.05, 4.69) is 51.8 Å². The van der Waals surface area contributed by atoms with Crippen molar-refractivity contribution in [3.8, 4) is 17.1 Å². The van der Waals surface area contributed by atoms with Gasteiger partial charge < -0.3 is 0 Å². The van der Waals surface area contributed by atoms with Crippen molar-refractivity contribution in [3.63, 3.8) is 0 Å². The van der Waals surface area contributed by atoms with Crippen molar-refractivity contribution in [2.45, 2.75) is 55.9 Å². The van der Waals surface area contributed by atoms with Crippen LogP contribution in [-0.2, 0) is 4.79 Å². The number of pyridine rings is 1. The average Bonchev–Trinajstić information content (AvgIpc) is 3.14. The Morgan fingerprint density at radius 2 is 1.96 bits per heavy atom. The summed E-state index contributed by atoms with van der Waals surface area (Å²) in [4.78, 5) is 16.7. The summed E-state index contributed by atoms with van der Waals surface area (Å²) in [6.45, 7) is 4.37. The molecule has 2 heterocycles. The van der Waals surface area contributed by atoms with Crippen LogP contribution in [0.25, 0.3) is 17.1 Å². The van der Waals surface area contributed by atoms with E-state index in [0.717, 1.165) is 41.5 Å². The molecule has 0 spiro atoms. The standard InChI is InChI=1S/C22H24N4OS/c1-15(2)17-9-3-4-10-18(17)26-21(16-8-7-13-23-14-16)24-25-22(26)28-20-12-6-5-11-19(20)27/h3-4,7-10,13-15,20H,5-6,11-12H2,1-2H3/t20-/m0/s1. The summed E-state index contributed by atoms with van der Waals surface area (Å²) >= 11 is 1.55. The fourth-order valence-corrected chi connectivity index (χ4v) is 4.79. The van der Waals surface area contributed by atoms with E-state index in [1.165, 1.54) is 5.56 Å². The maximum Gasteiger partial charge on any atom is 0.196 e. The van der Waals surface area contributed by atoms with Crippen LogP contribution in [0.15, 0.2) is 53.9 Å². The highest BCUT2D eigenvalue weighted by Crippen LogP contribution is 2.36. The van der Waals surface area contributed by atoms with Gasteiger partial charge >= 0.3 is 0 Å². The van der Waals surface area contributed by atoms with Crippen LogP contribution in [0.1, 0.15) is 51.0 Å². The Balaban J connectivity index is 1.84. The summed E-state index contributed by atoms with van der Waals surface area (Å²) < 4.78 is 2.10. The van der Waals surface area contributed by atoms with Gasteiger partial charge in [-0.25, -0.2) is 0 Å². The first-order chi connectivity index (χ1) is 13.6. The normalized spacial score (nSPS) is 17.2. The molecule has 0 bridgehead atoms. The van der Waals surface area contributed by atoms with E-state index in [1.807, 2.05) is 18.2 Å². The maximum absolute atomic E-state index is 12.4. The third kappa shape index (κ3) is 3.74. The van der Waals surface area contributed by atoms with E-state index in [-0.39, 0.29) is 5.25 Å². The number of para-hydroxylation sites is 1. The fraction of sp³-hybridized carbons (Fsp3) is 0.364. The lowest BCUT2D eigenvalue weighted by Crippen LogP contribution is -2.22. The zero-order chi connectivity index (χ0) is 19.5. The highest BCUT2D eigenvalue weighted by Gasteiger charge is 2.27. The molecule has 1 fully saturated rings. The Morgan fingerprint density at radius 3 is 2.71 bits per heavy atom. The minimum Gasteiger partial charge on any atom is -0.298 e. The molecule has 28 heavy (non-hydrogen) atoms. The molecule has 1 aliphatic carbocycles. The summed E-state index contributed by atoms with van der Waals surface area (Å²) in [6.07, 6.45) is 7.23. The number of thioether (sulfide) groups is 1. The topological polar surface area (TPSA) is 60.7 Å². The van der Waals surface area contributed by atoms with Crippen LogP contribution in [0.2, 0.25) is 0 Å². The summed E-state index contributed by atoms with van der Waals surface area (Å²) in [7, 11) is 0. The van der Waals surface area contributed by atoms with Gasteiger partial charge in [-0.2, -0.15) is 0 Å². The summed E-state index contributed by atoms with van der Waals surface area (Å²) in [5.74, 6) is 1.44. The molecule has 0 radical (unpaired) electrons. The van der Waals surface area contributed by atoms with Crippen LogP contribution >= 0.6 is 11.8 Å². The van der Waals surface area contributed by atoms with Gasteiger partial charge in [-0.1, -0.05) is 50.2 Å². The lowest BCUT2D eigenvalue weighted by molar-refractivity contribution is -0.119. The molecule has 5 nitrogen and oxygen atoms in total. The second kappa shape index (κ2) is 8.27. The Labute approximate surface area is 169 Å². The van der Waals surface area contributed by atoms with Crippen LogP contribution in [0.4, 0.5) is 0 Å². The van der Waals surface area contributed by atoms with E-state index in [4.69, 9.17) is 0 Å².